The number of para-hydroxylation sites is 1. The maximum absolute atomic E-state index is 13.0. The fraction of sp³-hybridized carbons (Fsp3) is 0.115. The number of aryl methyl sites for hydroxylation is 3. The summed E-state index contributed by atoms with van der Waals surface area (Å²) >= 11 is 0. The molecule has 0 fully saturated rings. The molecule has 0 spiro atoms. The summed E-state index contributed by atoms with van der Waals surface area (Å²) in [5.41, 5.74) is 6.21. The quantitative estimate of drug-likeness (QED) is 0.326. The van der Waals surface area contributed by atoms with E-state index in [0.29, 0.717) is 0 Å². The largest absolute Gasteiger partial charge is 0.507 e. The number of phenols is 1. The van der Waals surface area contributed by atoms with Crippen molar-refractivity contribution in [1.82, 2.24) is 4.98 Å². The Bertz CT molecular complexity index is 1450. The van der Waals surface area contributed by atoms with Crippen LogP contribution in [0.25, 0.3) is 32.6 Å². The number of aromatic amines is 1. The molecule has 0 saturated heterocycles. The number of rotatable bonds is 2. The monoisotopic (exact) mass is 394 g/mol. The van der Waals surface area contributed by atoms with Gasteiger partial charge in [-0.2, -0.15) is 0 Å². The standard InChI is InChI=1S/C26H22N2O2/c1-14-10-15(2)24(16(3)11-14)28-26(30)21-12-17-8-9-19-18-6-4-5-7-22(18)27-25(19)20(17)13-23(21)29/h4-13,27,29H,1-3H3,(H,28,30). The number of nitrogens with one attached hydrogen (secondary N) is 2. The molecule has 4 aromatic carbocycles. The number of anilines is 1. The molecule has 3 N–H and O–H groups in total. The first kappa shape index (κ1) is 18.3. The molecule has 0 aliphatic rings. The van der Waals surface area contributed by atoms with Crippen molar-refractivity contribution in [1.29, 1.82) is 0 Å². The van der Waals surface area contributed by atoms with Crippen LogP contribution in [0.2, 0.25) is 0 Å². The molecule has 1 heterocycles. The summed E-state index contributed by atoms with van der Waals surface area (Å²) in [6.07, 6.45) is 0. The number of aromatic nitrogens is 1. The fourth-order valence-corrected chi connectivity index (χ4v) is 4.42. The number of amides is 1. The van der Waals surface area contributed by atoms with E-state index in [1.807, 2.05) is 57.2 Å². The Labute approximate surface area is 174 Å². The molecule has 5 aromatic rings. The maximum atomic E-state index is 13.0. The minimum Gasteiger partial charge on any atom is -0.507 e. The minimum absolute atomic E-state index is 0.0337. The molecule has 0 bridgehead atoms. The van der Waals surface area contributed by atoms with Crippen LogP contribution in [0.1, 0.15) is 27.0 Å². The molecule has 0 saturated carbocycles. The lowest BCUT2D eigenvalue weighted by atomic mass is 10.0. The lowest BCUT2D eigenvalue weighted by molar-refractivity contribution is 0.102. The highest BCUT2D eigenvalue weighted by molar-refractivity contribution is 6.18. The molecule has 0 aliphatic heterocycles. The number of carbonyl (C=O) groups excluding carboxylic acids is 1. The van der Waals surface area contributed by atoms with Crippen molar-refractivity contribution in [2.24, 2.45) is 0 Å². The average Bonchev–Trinajstić information content (AvgIpc) is 3.09. The molecule has 0 aliphatic carbocycles. The van der Waals surface area contributed by atoms with Gasteiger partial charge in [-0.25, -0.2) is 0 Å². The molecule has 148 valence electrons. The SMILES string of the molecule is Cc1cc(C)c(NC(=O)c2cc3ccc4c5ccccc5[nH]c4c3cc2O)c(C)c1. The highest BCUT2D eigenvalue weighted by atomic mass is 16.3. The number of fused-ring (bicyclic) bond motifs is 5. The zero-order valence-corrected chi connectivity index (χ0v) is 17.1. The van der Waals surface area contributed by atoms with Gasteiger partial charge in [0, 0.05) is 27.4 Å². The van der Waals surface area contributed by atoms with Gasteiger partial charge in [-0.15, -0.1) is 0 Å². The van der Waals surface area contributed by atoms with Crippen LogP contribution in [0.3, 0.4) is 0 Å². The van der Waals surface area contributed by atoms with E-state index in [-0.39, 0.29) is 17.2 Å². The van der Waals surface area contributed by atoms with Crippen LogP contribution in [0.4, 0.5) is 5.69 Å². The summed E-state index contributed by atoms with van der Waals surface area (Å²) in [5.74, 6) is -0.352. The van der Waals surface area contributed by atoms with Crippen molar-refractivity contribution in [3.63, 3.8) is 0 Å². The number of aromatic hydroxyl groups is 1. The second-order valence-electron chi connectivity index (χ2n) is 7.98. The van der Waals surface area contributed by atoms with Gasteiger partial charge in [-0.3, -0.25) is 4.79 Å². The van der Waals surface area contributed by atoms with Gasteiger partial charge in [-0.05, 0) is 55.5 Å². The van der Waals surface area contributed by atoms with E-state index in [1.54, 1.807) is 12.1 Å². The Morgan fingerprint density at radius 3 is 2.37 bits per heavy atom. The topological polar surface area (TPSA) is 65.1 Å². The normalized spacial score (nSPS) is 11.4. The Morgan fingerprint density at radius 2 is 1.60 bits per heavy atom. The highest BCUT2D eigenvalue weighted by Gasteiger charge is 2.17. The van der Waals surface area contributed by atoms with E-state index in [2.05, 4.69) is 22.4 Å². The van der Waals surface area contributed by atoms with Crippen molar-refractivity contribution in [3.05, 3.63) is 82.9 Å². The molecule has 4 heteroatoms. The van der Waals surface area contributed by atoms with Crippen LogP contribution in [0.5, 0.6) is 5.75 Å². The summed E-state index contributed by atoms with van der Waals surface area (Å²) in [6, 6.07) is 19.7. The third kappa shape index (κ3) is 2.80. The Balaban J connectivity index is 1.62. The zero-order chi connectivity index (χ0) is 21.0. The summed E-state index contributed by atoms with van der Waals surface area (Å²) in [4.78, 5) is 16.4. The van der Waals surface area contributed by atoms with E-state index in [1.165, 1.54) is 0 Å². The first-order valence-corrected chi connectivity index (χ1v) is 9.98. The van der Waals surface area contributed by atoms with Crippen molar-refractivity contribution >= 4 is 44.2 Å². The molecule has 1 amide bonds. The van der Waals surface area contributed by atoms with Gasteiger partial charge in [0.25, 0.3) is 5.91 Å². The number of carbonyl (C=O) groups is 1. The van der Waals surface area contributed by atoms with Gasteiger partial charge in [0.2, 0.25) is 0 Å². The third-order valence-corrected chi connectivity index (χ3v) is 5.77. The minimum atomic E-state index is -0.318. The van der Waals surface area contributed by atoms with Gasteiger partial charge >= 0.3 is 0 Å². The number of hydrogen-bond donors (Lipinski definition) is 3. The smallest absolute Gasteiger partial charge is 0.259 e. The molecular formula is C26H22N2O2. The van der Waals surface area contributed by atoms with Crippen LogP contribution in [0.15, 0.2) is 60.7 Å². The van der Waals surface area contributed by atoms with Crippen LogP contribution >= 0.6 is 0 Å². The van der Waals surface area contributed by atoms with Crippen LogP contribution in [-0.2, 0) is 0 Å². The Hall–Kier alpha value is -3.79. The summed E-state index contributed by atoms with van der Waals surface area (Å²) < 4.78 is 0. The van der Waals surface area contributed by atoms with Gasteiger partial charge in [0.05, 0.1) is 11.1 Å². The number of H-pyrrole nitrogens is 1. The maximum Gasteiger partial charge on any atom is 0.259 e. The van der Waals surface area contributed by atoms with Gasteiger partial charge in [0.1, 0.15) is 5.75 Å². The number of hydrogen-bond acceptors (Lipinski definition) is 2. The molecule has 1 aromatic heterocycles. The second kappa shape index (κ2) is 6.63. The number of benzene rings is 4. The van der Waals surface area contributed by atoms with Crippen LogP contribution in [-0.4, -0.2) is 16.0 Å². The first-order valence-electron chi connectivity index (χ1n) is 9.98. The molecule has 0 atom stereocenters. The third-order valence-electron chi connectivity index (χ3n) is 5.77. The summed E-state index contributed by atoms with van der Waals surface area (Å²) in [7, 11) is 0. The predicted molar refractivity (Wildman–Crippen MR) is 124 cm³/mol. The van der Waals surface area contributed by atoms with Crippen molar-refractivity contribution in [2.45, 2.75) is 20.8 Å². The average molecular weight is 394 g/mol. The van der Waals surface area contributed by atoms with E-state index in [4.69, 9.17) is 0 Å². The first-order chi connectivity index (χ1) is 14.4. The van der Waals surface area contributed by atoms with E-state index < -0.39 is 0 Å². The van der Waals surface area contributed by atoms with E-state index in [0.717, 1.165) is 55.0 Å². The van der Waals surface area contributed by atoms with Crippen LogP contribution in [0, 0.1) is 20.8 Å². The van der Waals surface area contributed by atoms with Crippen LogP contribution < -0.4 is 5.32 Å². The lowest BCUT2D eigenvalue weighted by Crippen LogP contribution is -2.14. The lowest BCUT2D eigenvalue weighted by Gasteiger charge is -2.14. The van der Waals surface area contributed by atoms with E-state index in [9.17, 15) is 9.90 Å². The molecule has 30 heavy (non-hydrogen) atoms. The van der Waals surface area contributed by atoms with Gasteiger partial charge < -0.3 is 15.4 Å². The molecule has 0 unspecified atom stereocenters. The van der Waals surface area contributed by atoms with Crippen molar-refractivity contribution < 1.29 is 9.90 Å². The summed E-state index contributed by atoms with van der Waals surface area (Å²) in [5, 5.41) is 17.7. The van der Waals surface area contributed by atoms with Crippen molar-refractivity contribution in [2.75, 3.05) is 5.32 Å². The fourth-order valence-electron chi connectivity index (χ4n) is 4.42. The van der Waals surface area contributed by atoms with Gasteiger partial charge in [-0.1, -0.05) is 48.0 Å². The predicted octanol–water partition coefficient (Wildman–Crippen LogP) is 6.36. The molecule has 5 rings (SSSR count). The number of phenolic OH excluding ortho intramolecular Hbond substituents is 1. The molecule has 0 radical (unpaired) electrons. The van der Waals surface area contributed by atoms with Crippen molar-refractivity contribution in [3.8, 4) is 5.75 Å². The molecule has 4 nitrogen and oxygen atoms in total. The Kier molecular flexibility index (Phi) is 4.03. The highest BCUT2D eigenvalue weighted by Crippen LogP contribution is 2.35. The van der Waals surface area contributed by atoms with E-state index >= 15 is 0 Å². The molecular weight excluding hydrogens is 372 g/mol. The van der Waals surface area contributed by atoms with Gasteiger partial charge in [0.15, 0.2) is 0 Å². The summed E-state index contributed by atoms with van der Waals surface area (Å²) in [6.45, 7) is 5.98. The zero-order valence-electron chi connectivity index (χ0n) is 17.1. The second-order valence-corrected chi connectivity index (χ2v) is 7.98. The Morgan fingerprint density at radius 1 is 0.867 bits per heavy atom.